The van der Waals surface area contributed by atoms with E-state index in [4.69, 9.17) is 55.8 Å². The van der Waals surface area contributed by atoms with Crippen LogP contribution in [0.1, 0.15) is 152 Å². The molecule has 11 aromatic rings. The first kappa shape index (κ1) is 95.4. The molecule has 3 unspecified atom stereocenters. The largest absolute Gasteiger partial charge is 0.497 e. The number of anilines is 2. The van der Waals surface area contributed by atoms with Gasteiger partial charge in [-0.3, -0.25) is 52.2 Å². The number of phosphoric acid groups is 1. The van der Waals surface area contributed by atoms with Gasteiger partial charge in [-0.05, 0) is 143 Å². The van der Waals surface area contributed by atoms with E-state index in [9.17, 15) is 44.1 Å². The summed E-state index contributed by atoms with van der Waals surface area (Å²) in [7, 11) is -2.37. The average Bonchev–Trinajstić information content (AvgIpc) is 1.04. The van der Waals surface area contributed by atoms with Crippen LogP contribution in [-0.4, -0.2) is 179 Å². The van der Waals surface area contributed by atoms with Gasteiger partial charge in [0.2, 0.25) is 17.8 Å². The lowest BCUT2D eigenvalue weighted by molar-refractivity contribution is -0.117. The minimum absolute atomic E-state index is 0.0152. The highest BCUT2D eigenvalue weighted by Crippen LogP contribution is 2.57. The zero-order valence-electron chi connectivity index (χ0n) is 75.0. The summed E-state index contributed by atoms with van der Waals surface area (Å²) in [5, 5.41) is 30.6. The lowest BCUT2D eigenvalue weighted by Gasteiger charge is -2.37. The van der Waals surface area contributed by atoms with Gasteiger partial charge in [0.15, 0.2) is 11.2 Å². The summed E-state index contributed by atoms with van der Waals surface area (Å²) in [4.78, 5) is 113. The number of nitrogens with one attached hydrogen (secondary N) is 5. The summed E-state index contributed by atoms with van der Waals surface area (Å²) >= 11 is 0. The Labute approximate surface area is 775 Å². The Morgan fingerprint density at radius 2 is 1.16 bits per heavy atom. The van der Waals surface area contributed by atoms with Crippen molar-refractivity contribution in [2.45, 2.75) is 146 Å². The molecule has 34 nitrogen and oxygen atoms in total. The standard InChI is InChI=1S/C98H104N14O20P2/c1-62(2)112(63(3)4)133(126-52-20-47-99)131-81-54-88(110-51-46-85(105-95(110)117)104-86(113)32-19-50-109(5)97(119)124-58-80-77-30-17-13-26-73(77)74-27-14-18-31-78(74)80)130-84(81)60-128-134(120,127-53-21-48-100)132-82-55-89(129-83(82)59-125-98(66-22-9-8-10-23-66,67-37-41-69(121-6)42-38-67)68-39-43-70(122-7)44-40-68)111-61-103-90-91(111)107-94(108-93(90)116)106-87(114)45-49-101-92(115)65-35-33-64(34-36-65)56-102-96(118)123-57-79-75-28-15-11-24-71(75)72-25-12-16-29-76(72)79/h8-18,22-31,33-44,46,51,61-63,79-84,88-89H,19-21,32,45,49-50,52-60H2,1-7H3,(H,101,115)(H,102,118)(H,104,105,113,117)(H2,106,107,108,114,116)/t81?,82-,83-,84-,88-,89-,133?,134?/m1/s1. The Kier molecular flexibility index (Phi) is 31.4. The molecule has 2 aliphatic heterocycles. The molecule has 4 aliphatic rings. The van der Waals surface area contributed by atoms with Gasteiger partial charge in [0.25, 0.3) is 20.0 Å². The van der Waals surface area contributed by atoms with E-state index in [1.807, 2.05) is 166 Å². The number of H-pyrrole nitrogens is 1. The molecule has 8 atom stereocenters. The summed E-state index contributed by atoms with van der Waals surface area (Å²) in [5.41, 5.74) is 8.41. The fourth-order valence-corrected chi connectivity index (χ4v) is 20.3. The molecule has 2 fully saturated rings. The van der Waals surface area contributed by atoms with Gasteiger partial charge in [-0.25, -0.2) is 28.6 Å². The molecule has 8 aromatic carbocycles. The van der Waals surface area contributed by atoms with E-state index in [0.29, 0.717) is 33.8 Å². The molecule has 134 heavy (non-hydrogen) atoms. The number of benzene rings is 8. The number of fused-ring (bicyclic) bond motifs is 7. The fourth-order valence-electron chi connectivity index (χ4n) is 17.1. The lowest BCUT2D eigenvalue weighted by Crippen LogP contribution is -2.38. The predicted molar refractivity (Wildman–Crippen MR) is 496 cm³/mol. The fraction of sp³-hybridized carbons (Fsp3) is 0.347. The van der Waals surface area contributed by atoms with Crippen molar-refractivity contribution < 1.29 is 84.3 Å². The molecule has 0 bridgehead atoms. The first-order valence-electron chi connectivity index (χ1n) is 44.2. The van der Waals surface area contributed by atoms with Crippen molar-refractivity contribution >= 4 is 69.2 Å². The molecule has 5 heterocycles. The van der Waals surface area contributed by atoms with Crippen molar-refractivity contribution in [3.63, 3.8) is 0 Å². The maximum atomic E-state index is 16.1. The number of aromatic amines is 1. The second-order valence-corrected chi connectivity index (χ2v) is 35.9. The Morgan fingerprint density at radius 3 is 1.74 bits per heavy atom. The summed E-state index contributed by atoms with van der Waals surface area (Å²) in [5.74, 6) is -1.07. The predicted octanol–water partition coefficient (Wildman–Crippen LogP) is 15.5. The normalized spacial score (nSPS) is 17.3. The van der Waals surface area contributed by atoms with Crippen LogP contribution >= 0.6 is 16.3 Å². The highest BCUT2D eigenvalue weighted by molar-refractivity contribution is 7.48. The maximum Gasteiger partial charge on any atom is 0.475 e. The van der Waals surface area contributed by atoms with Gasteiger partial charge in [0.05, 0.1) is 78.1 Å². The summed E-state index contributed by atoms with van der Waals surface area (Å²) in [6, 6.07) is 68.0. The quantitative estimate of drug-likeness (QED) is 0.0135. The Bertz CT molecular complexity index is 6110. The van der Waals surface area contributed by atoms with Crippen LogP contribution in [0.3, 0.4) is 0 Å². The van der Waals surface area contributed by atoms with Crippen LogP contribution in [0.25, 0.3) is 33.4 Å². The van der Waals surface area contributed by atoms with Crippen molar-refractivity contribution in [3.8, 4) is 45.9 Å². The molecule has 5 amide bonds. The number of carbonyl (C=O) groups excluding carboxylic acids is 5. The van der Waals surface area contributed by atoms with Gasteiger partial charge >= 0.3 is 25.7 Å². The average molecular weight is 1860 g/mol. The Morgan fingerprint density at radius 1 is 0.612 bits per heavy atom. The first-order chi connectivity index (χ1) is 65.0. The second-order valence-electron chi connectivity index (χ2n) is 32.9. The minimum atomic E-state index is -5.04. The van der Waals surface area contributed by atoms with Gasteiger partial charge in [0.1, 0.15) is 66.9 Å². The molecule has 36 heteroatoms. The molecule has 5 N–H and O–H groups in total. The molecule has 2 aliphatic carbocycles. The van der Waals surface area contributed by atoms with Crippen LogP contribution in [0.2, 0.25) is 0 Å². The zero-order chi connectivity index (χ0) is 94.0. The third-order valence-corrected chi connectivity index (χ3v) is 27.2. The zero-order valence-corrected chi connectivity index (χ0v) is 76.7. The Hall–Kier alpha value is -13.2. The lowest BCUT2D eigenvalue weighted by atomic mass is 9.80. The summed E-state index contributed by atoms with van der Waals surface area (Å²) in [6.45, 7) is 6.79. The SMILES string of the molecule is COc1ccc(C(OC[C@H]2O[C@@H](n3cnc4c(=O)[nH]c(NC(=O)CCNC(=O)c5ccc(CNC(=O)OCC6c7ccccc7-c7ccccc76)cc5)nc43)C[C@H]2OP(=O)(OCCC#N)OC[C@H]2O[C@@H](n3ccc(NC(=O)CCCN(C)C(=O)OCC4c5ccccc5-c5ccccc54)nc3=O)CC2OP(OCCC#N)N(C(C)C)C(C)C)(c2ccccc2)c2ccc(OC)cc2)cc1. The number of methoxy groups -OCH3 is 2. The molecule has 0 saturated carbocycles. The number of rotatable bonds is 42. The second kappa shape index (κ2) is 44.1. The van der Waals surface area contributed by atoms with Crippen LogP contribution < -0.4 is 42.0 Å². The van der Waals surface area contributed by atoms with E-state index in [2.05, 4.69) is 71.5 Å². The third-order valence-electron chi connectivity index (χ3n) is 23.6. The highest BCUT2D eigenvalue weighted by Gasteiger charge is 2.49. The van der Waals surface area contributed by atoms with Crippen molar-refractivity contribution in [2.75, 3.05) is 84.6 Å². The molecule has 15 rings (SSSR count). The van der Waals surface area contributed by atoms with E-state index < -0.39 is 113 Å². The van der Waals surface area contributed by atoms with Gasteiger partial charge in [-0.2, -0.15) is 20.5 Å². The van der Waals surface area contributed by atoms with Gasteiger partial charge in [0, 0.05) is 88.0 Å². The summed E-state index contributed by atoms with van der Waals surface area (Å²) < 4.78 is 97.4. The third kappa shape index (κ3) is 22.3. The number of amides is 5. The molecule has 696 valence electrons. The number of imidazole rings is 1. The van der Waals surface area contributed by atoms with Crippen LogP contribution in [0.5, 0.6) is 11.5 Å². The van der Waals surface area contributed by atoms with Gasteiger partial charge in [-0.15, -0.1) is 0 Å². The number of aromatic nitrogens is 6. The molecular formula is C98H104N14O20P2. The molecule has 3 aromatic heterocycles. The van der Waals surface area contributed by atoms with E-state index in [1.165, 1.54) is 32.6 Å². The monoisotopic (exact) mass is 1860 g/mol. The summed E-state index contributed by atoms with van der Waals surface area (Å²) in [6.07, 6.45) is -6.28. The topological polar surface area (TPSA) is 414 Å². The van der Waals surface area contributed by atoms with Crippen LogP contribution in [0.15, 0.2) is 228 Å². The van der Waals surface area contributed by atoms with Crippen LogP contribution in [0.4, 0.5) is 21.4 Å². The van der Waals surface area contributed by atoms with E-state index >= 15 is 4.57 Å². The highest BCUT2D eigenvalue weighted by atomic mass is 31.2. The number of alkyl carbamates (subject to hydrolysis) is 1. The van der Waals surface area contributed by atoms with Crippen LogP contribution in [0, 0.1) is 22.7 Å². The first-order valence-corrected chi connectivity index (χ1v) is 46.8. The van der Waals surface area contributed by atoms with Crippen molar-refractivity contribution in [1.82, 2.24) is 49.3 Å². The number of carbonyl (C=O) groups is 5. The van der Waals surface area contributed by atoms with E-state index in [-0.39, 0.29) is 143 Å². The van der Waals surface area contributed by atoms with Crippen molar-refractivity contribution in [3.05, 3.63) is 290 Å². The number of phosphoric ester groups is 1. The minimum Gasteiger partial charge on any atom is -0.497 e. The van der Waals surface area contributed by atoms with Crippen molar-refractivity contribution in [1.29, 1.82) is 10.5 Å². The maximum absolute atomic E-state index is 16.1. The molecule has 0 spiro atoms. The molecular weight excluding hydrogens is 1760 g/mol. The number of hydrogen-bond acceptors (Lipinski definition) is 26. The van der Waals surface area contributed by atoms with E-state index in [0.717, 1.165) is 44.5 Å². The number of ether oxygens (including phenoxy) is 7. The Balaban J connectivity index is 0.649. The number of nitrogens with zero attached hydrogens (tertiary/aromatic N) is 9. The van der Waals surface area contributed by atoms with Crippen LogP contribution in [-0.2, 0) is 72.6 Å². The van der Waals surface area contributed by atoms with Crippen molar-refractivity contribution in [2.24, 2.45) is 0 Å². The van der Waals surface area contributed by atoms with Gasteiger partial charge in [-0.1, -0.05) is 164 Å². The smallest absolute Gasteiger partial charge is 0.475 e. The number of nitriles is 2. The molecule has 2 saturated heterocycles. The molecule has 0 radical (unpaired) electrons. The van der Waals surface area contributed by atoms with E-state index in [1.54, 1.807) is 69.8 Å². The number of hydrogen-bond donors (Lipinski definition) is 5. The van der Waals surface area contributed by atoms with Gasteiger partial charge < -0.3 is 63.1 Å².